The summed E-state index contributed by atoms with van der Waals surface area (Å²) in [6.07, 6.45) is 9.33. The highest BCUT2D eigenvalue weighted by Gasteiger charge is 2.21. The molecule has 0 fully saturated rings. The molecule has 2 aromatic carbocycles. The summed E-state index contributed by atoms with van der Waals surface area (Å²) in [5, 5.41) is 2.56. The van der Waals surface area contributed by atoms with Crippen molar-refractivity contribution in [1.82, 2.24) is 0 Å². The summed E-state index contributed by atoms with van der Waals surface area (Å²) in [5.41, 5.74) is 9.81. The number of aryl methyl sites for hydroxylation is 1. The summed E-state index contributed by atoms with van der Waals surface area (Å²) >= 11 is 0. The maximum absolute atomic E-state index is 5.70. The fourth-order valence-corrected chi connectivity index (χ4v) is 3.61. The zero-order chi connectivity index (χ0) is 13.5. The number of benzene rings is 2. The van der Waals surface area contributed by atoms with Gasteiger partial charge in [0, 0.05) is 5.39 Å². The molecular formula is C18H18N2. The number of anilines is 1. The minimum atomic E-state index is 1.03. The van der Waals surface area contributed by atoms with Gasteiger partial charge in [0.05, 0.1) is 5.69 Å². The lowest BCUT2D eigenvalue weighted by Crippen LogP contribution is -2.11. The molecule has 0 saturated heterocycles. The van der Waals surface area contributed by atoms with Crippen LogP contribution in [-0.2, 0) is 6.42 Å². The van der Waals surface area contributed by atoms with E-state index in [4.69, 9.17) is 5.84 Å². The quantitative estimate of drug-likeness (QED) is 0.598. The predicted octanol–water partition coefficient (Wildman–Crippen LogP) is 4.18. The highest BCUT2D eigenvalue weighted by molar-refractivity contribution is 6.00. The molecule has 2 nitrogen and oxygen atoms in total. The summed E-state index contributed by atoms with van der Waals surface area (Å²) in [4.78, 5) is 0. The molecule has 0 atom stereocenters. The van der Waals surface area contributed by atoms with E-state index in [0.29, 0.717) is 0 Å². The lowest BCUT2D eigenvalue weighted by molar-refractivity contribution is 0.831. The first-order chi connectivity index (χ1) is 9.88. The lowest BCUT2D eigenvalue weighted by Gasteiger charge is -2.26. The minimum Gasteiger partial charge on any atom is -0.324 e. The molecular weight excluding hydrogens is 244 g/mol. The zero-order valence-corrected chi connectivity index (χ0v) is 11.4. The van der Waals surface area contributed by atoms with Gasteiger partial charge in [-0.05, 0) is 53.8 Å². The average molecular weight is 262 g/mol. The van der Waals surface area contributed by atoms with Gasteiger partial charge in [0.25, 0.3) is 0 Å². The smallest absolute Gasteiger partial charge is 0.0566 e. The molecule has 0 amide bonds. The molecule has 0 spiro atoms. The first kappa shape index (κ1) is 11.7. The van der Waals surface area contributed by atoms with Crippen LogP contribution in [0.3, 0.4) is 0 Å². The summed E-state index contributed by atoms with van der Waals surface area (Å²) in [7, 11) is 0. The van der Waals surface area contributed by atoms with Crippen LogP contribution in [0.4, 0.5) is 5.69 Å². The van der Waals surface area contributed by atoms with Crippen molar-refractivity contribution < 1.29 is 0 Å². The Hall–Kier alpha value is -2.06. The van der Waals surface area contributed by atoms with Crippen LogP contribution >= 0.6 is 0 Å². The molecule has 2 heteroatoms. The molecule has 0 heterocycles. The highest BCUT2D eigenvalue weighted by atomic mass is 15.2. The van der Waals surface area contributed by atoms with Crippen LogP contribution in [0.5, 0.6) is 0 Å². The van der Waals surface area contributed by atoms with E-state index < -0.39 is 0 Å². The van der Waals surface area contributed by atoms with Gasteiger partial charge < -0.3 is 5.43 Å². The number of hydrazine groups is 1. The van der Waals surface area contributed by atoms with Crippen molar-refractivity contribution in [3.05, 3.63) is 59.2 Å². The summed E-state index contributed by atoms with van der Waals surface area (Å²) in [6, 6.07) is 10.8. The number of allylic oxidation sites excluding steroid dienone is 4. The normalized spacial score (nSPS) is 17.1. The Morgan fingerprint density at radius 2 is 1.95 bits per heavy atom. The standard InChI is InChI=1S/C18H18N2/c19-20-17-7-3-5-13-9-10-15-14-6-2-1-4-12(14)8-11-16(15)18(13)17/h2-3,5-7,9-10,20H,1,4,8,11,19H2. The van der Waals surface area contributed by atoms with Crippen LogP contribution in [-0.4, -0.2) is 0 Å². The fourth-order valence-electron chi connectivity index (χ4n) is 3.61. The largest absolute Gasteiger partial charge is 0.324 e. The minimum absolute atomic E-state index is 1.03. The van der Waals surface area contributed by atoms with E-state index in [-0.39, 0.29) is 0 Å². The Morgan fingerprint density at radius 1 is 1.00 bits per heavy atom. The van der Waals surface area contributed by atoms with Gasteiger partial charge in [-0.2, -0.15) is 0 Å². The van der Waals surface area contributed by atoms with Gasteiger partial charge in [-0.3, -0.25) is 5.84 Å². The van der Waals surface area contributed by atoms with Crippen molar-refractivity contribution >= 4 is 22.0 Å². The van der Waals surface area contributed by atoms with Gasteiger partial charge in [-0.25, -0.2) is 0 Å². The number of rotatable bonds is 1. The van der Waals surface area contributed by atoms with Gasteiger partial charge in [-0.15, -0.1) is 0 Å². The first-order valence-electron chi connectivity index (χ1n) is 7.28. The molecule has 0 unspecified atom stereocenters. The van der Waals surface area contributed by atoms with Crippen LogP contribution in [0.2, 0.25) is 0 Å². The topological polar surface area (TPSA) is 38.0 Å². The Kier molecular flexibility index (Phi) is 2.64. The molecule has 0 bridgehead atoms. The third-order valence-corrected chi connectivity index (χ3v) is 4.55. The fraction of sp³-hybridized carbons (Fsp3) is 0.222. The number of fused-ring (bicyclic) bond motifs is 4. The summed E-state index contributed by atoms with van der Waals surface area (Å²) in [6.45, 7) is 0. The molecule has 0 aliphatic heterocycles. The highest BCUT2D eigenvalue weighted by Crippen LogP contribution is 2.41. The van der Waals surface area contributed by atoms with Crippen molar-refractivity contribution in [2.45, 2.75) is 25.7 Å². The molecule has 4 rings (SSSR count). The van der Waals surface area contributed by atoms with E-state index in [0.717, 1.165) is 12.1 Å². The molecule has 0 saturated carbocycles. The maximum Gasteiger partial charge on any atom is 0.0566 e. The molecule has 2 aliphatic rings. The van der Waals surface area contributed by atoms with E-state index in [1.165, 1.54) is 46.7 Å². The molecule has 100 valence electrons. The van der Waals surface area contributed by atoms with Crippen LogP contribution in [0.25, 0.3) is 16.3 Å². The van der Waals surface area contributed by atoms with Crippen molar-refractivity contribution in [2.24, 2.45) is 5.84 Å². The van der Waals surface area contributed by atoms with Gasteiger partial charge >= 0.3 is 0 Å². The van der Waals surface area contributed by atoms with E-state index in [1.54, 1.807) is 5.57 Å². The number of nitrogen functional groups attached to an aromatic ring is 1. The van der Waals surface area contributed by atoms with Crippen LogP contribution in [0.15, 0.2) is 48.1 Å². The van der Waals surface area contributed by atoms with Crippen molar-refractivity contribution in [1.29, 1.82) is 0 Å². The first-order valence-corrected chi connectivity index (χ1v) is 7.28. The molecule has 0 aromatic heterocycles. The second-order valence-corrected chi connectivity index (χ2v) is 5.60. The number of nitrogens with two attached hydrogens (primary N) is 1. The zero-order valence-electron chi connectivity index (χ0n) is 11.4. The molecule has 2 aliphatic carbocycles. The monoisotopic (exact) mass is 262 g/mol. The van der Waals surface area contributed by atoms with Crippen LogP contribution in [0, 0.1) is 0 Å². The Bertz CT molecular complexity index is 753. The molecule has 20 heavy (non-hydrogen) atoms. The van der Waals surface area contributed by atoms with Crippen molar-refractivity contribution in [2.75, 3.05) is 5.43 Å². The molecule has 0 radical (unpaired) electrons. The van der Waals surface area contributed by atoms with Crippen molar-refractivity contribution in [3.8, 4) is 0 Å². The van der Waals surface area contributed by atoms with Crippen LogP contribution < -0.4 is 11.3 Å². The van der Waals surface area contributed by atoms with Crippen molar-refractivity contribution in [3.63, 3.8) is 0 Å². The molecule has 2 aromatic rings. The number of nitrogens with one attached hydrogen (secondary N) is 1. The third-order valence-electron chi connectivity index (χ3n) is 4.55. The Labute approximate surface area is 119 Å². The summed E-state index contributed by atoms with van der Waals surface area (Å²) < 4.78 is 0. The predicted molar refractivity (Wildman–Crippen MR) is 85.4 cm³/mol. The second-order valence-electron chi connectivity index (χ2n) is 5.60. The number of hydrogen-bond donors (Lipinski definition) is 2. The Morgan fingerprint density at radius 3 is 2.85 bits per heavy atom. The van der Waals surface area contributed by atoms with Gasteiger partial charge in [-0.1, -0.05) is 42.0 Å². The SMILES string of the molecule is NNc1cccc2ccc3c(c12)CCC1=C3C=CCC1. The van der Waals surface area contributed by atoms with E-state index in [9.17, 15) is 0 Å². The lowest BCUT2D eigenvalue weighted by atomic mass is 9.79. The van der Waals surface area contributed by atoms with Gasteiger partial charge in [0.15, 0.2) is 0 Å². The van der Waals surface area contributed by atoms with Gasteiger partial charge in [0.1, 0.15) is 0 Å². The van der Waals surface area contributed by atoms with E-state index in [1.807, 2.05) is 0 Å². The summed E-state index contributed by atoms with van der Waals surface area (Å²) in [5.74, 6) is 5.70. The molecule has 3 N–H and O–H groups in total. The third kappa shape index (κ3) is 1.61. The second kappa shape index (κ2) is 4.50. The van der Waals surface area contributed by atoms with Gasteiger partial charge in [0.2, 0.25) is 0 Å². The van der Waals surface area contributed by atoms with E-state index >= 15 is 0 Å². The number of hydrogen-bond acceptors (Lipinski definition) is 2. The van der Waals surface area contributed by atoms with Crippen LogP contribution in [0.1, 0.15) is 30.4 Å². The Balaban J connectivity index is 2.04. The average Bonchev–Trinajstić information content (AvgIpc) is 2.53. The maximum atomic E-state index is 5.70. The van der Waals surface area contributed by atoms with E-state index in [2.05, 4.69) is 47.9 Å².